The molecule has 20 radical (unpaired) electrons. The van der Waals surface area contributed by atoms with Gasteiger partial charge in [0.15, 0.2) is 11.2 Å². The van der Waals surface area contributed by atoms with Gasteiger partial charge >= 0.3 is 0 Å². The molecule has 0 N–H and O–H groups in total. The molecule has 4 aliphatic rings. The van der Waals surface area contributed by atoms with E-state index in [1.807, 2.05) is 176 Å². The summed E-state index contributed by atoms with van der Waals surface area (Å²) in [4.78, 5) is 0. The van der Waals surface area contributed by atoms with Gasteiger partial charge in [0.25, 0.3) is 0 Å². The van der Waals surface area contributed by atoms with Crippen molar-refractivity contribution >= 4 is 0 Å². The number of methoxy groups -OCH3 is 2. The van der Waals surface area contributed by atoms with E-state index in [1.165, 1.54) is 0 Å². The Morgan fingerprint density at radius 3 is 0.905 bits per heavy atom. The van der Waals surface area contributed by atoms with Crippen LogP contribution in [0.1, 0.15) is 11.1 Å². The number of ether oxygens (including phenoxy) is 2. The molecule has 0 spiro atoms. The van der Waals surface area contributed by atoms with Crippen LogP contribution in [0.2, 0.25) is 0 Å². The second-order valence-corrected chi connectivity index (χ2v) is 9.02. The summed E-state index contributed by atoms with van der Waals surface area (Å²) in [5, 5.41) is 0. The zero-order chi connectivity index (χ0) is 27.9. The number of hydrogen-bond acceptors (Lipinski definition) is 2. The Hall–Kier alpha value is -1.04. The molecule has 4 aliphatic carbocycles. The molecule has 0 aromatic heterocycles. The molecule has 2 atom stereocenters. The van der Waals surface area contributed by atoms with Crippen molar-refractivity contribution in [1.82, 2.24) is 0 Å². The van der Waals surface area contributed by atoms with Crippen LogP contribution in [-0.4, -0.2) is 14.2 Å². The van der Waals surface area contributed by atoms with Crippen LogP contribution in [0.25, 0.3) is 0 Å². The fraction of sp³-hybridized carbons (Fsp3) is 0.105. The van der Waals surface area contributed by atoms with Crippen LogP contribution >= 0.6 is 0 Å². The number of hydrogen-bond donors (Lipinski definition) is 0. The van der Waals surface area contributed by atoms with Gasteiger partial charge in [0, 0.05) is 60.2 Å². The third-order valence-corrected chi connectivity index (χ3v) is 6.64. The van der Waals surface area contributed by atoms with E-state index < -0.39 is 11.2 Å². The van der Waals surface area contributed by atoms with Gasteiger partial charge < -0.3 is 9.47 Å². The normalized spacial score (nSPS) is 21.1. The van der Waals surface area contributed by atoms with Crippen molar-refractivity contribution in [2.45, 2.75) is 11.2 Å². The van der Waals surface area contributed by atoms with Crippen LogP contribution in [0.5, 0.6) is 0 Å². The molecule has 0 heterocycles. The molecule has 0 amide bonds. The van der Waals surface area contributed by atoms with E-state index >= 15 is 0 Å². The fourth-order valence-corrected chi connectivity index (χ4v) is 4.58. The second-order valence-electron chi connectivity index (χ2n) is 9.02. The molecule has 2 nitrogen and oxygen atoms in total. The summed E-state index contributed by atoms with van der Waals surface area (Å²) in [6.45, 7) is 0. The summed E-state index contributed by atoms with van der Waals surface area (Å²) >= 11 is 0. The van der Waals surface area contributed by atoms with Gasteiger partial charge in [0.1, 0.15) is 0 Å². The Balaban J connectivity index is 0.000000433. The first-order valence-corrected chi connectivity index (χ1v) is 13.3. The maximum absolute atomic E-state index is 6.13. The van der Waals surface area contributed by atoms with Gasteiger partial charge in [-0.15, -0.1) is 0 Å². The molecule has 42 heavy (non-hydrogen) atoms. The molecular formula is C38H34Fe2O2. The van der Waals surface area contributed by atoms with E-state index in [2.05, 4.69) is 11.8 Å². The summed E-state index contributed by atoms with van der Waals surface area (Å²) in [6.07, 6.45) is 36.2. The van der Waals surface area contributed by atoms with Gasteiger partial charge in [-0.1, -0.05) is 72.5 Å². The van der Waals surface area contributed by atoms with E-state index in [0.717, 1.165) is 23.0 Å². The van der Waals surface area contributed by atoms with Crippen molar-refractivity contribution in [3.8, 4) is 11.8 Å². The second kappa shape index (κ2) is 20.1. The van der Waals surface area contributed by atoms with Crippen LogP contribution in [0, 0.1) is 139 Å². The molecule has 0 aliphatic heterocycles. The third kappa shape index (κ3) is 9.73. The Kier molecular flexibility index (Phi) is 17.8. The summed E-state index contributed by atoms with van der Waals surface area (Å²) in [6, 6.07) is 20.2. The van der Waals surface area contributed by atoms with Gasteiger partial charge in [-0.2, -0.15) is 0 Å². The van der Waals surface area contributed by atoms with Gasteiger partial charge in [-0.3, -0.25) is 0 Å². The van der Waals surface area contributed by atoms with Crippen LogP contribution < -0.4 is 0 Å². The monoisotopic (exact) mass is 634 g/mol. The van der Waals surface area contributed by atoms with Crippen LogP contribution in [-0.2, 0) is 54.8 Å². The topological polar surface area (TPSA) is 18.5 Å². The predicted molar refractivity (Wildman–Crippen MR) is 162 cm³/mol. The quantitative estimate of drug-likeness (QED) is 0.254. The largest absolute Gasteiger partial charge is 0.361 e. The van der Waals surface area contributed by atoms with Crippen LogP contribution in [0.3, 0.4) is 0 Å². The zero-order valence-corrected chi connectivity index (χ0v) is 25.9. The number of benzene rings is 2. The van der Waals surface area contributed by atoms with E-state index in [4.69, 9.17) is 9.47 Å². The van der Waals surface area contributed by atoms with E-state index in [0.29, 0.717) is 0 Å². The smallest absolute Gasteiger partial charge is 0.160 e. The standard InChI is InChI=1S/C28H24O2.2C5H5.2Fe/c1-29-27(25-17-9-10-18-25,23-13-5-3-6-14-23)21-22-28(30-2,26-19-11-12-20-26)24-15-7-4-8-16-24;2*1-2-4-5-3-1;;/h3-20H,1-2H3;2*1-5H;;. The Morgan fingerprint density at radius 1 is 0.405 bits per heavy atom. The van der Waals surface area contributed by atoms with Gasteiger partial charge in [-0.05, 0) is 127 Å². The predicted octanol–water partition coefficient (Wildman–Crippen LogP) is 6.92. The molecule has 2 unspecified atom stereocenters. The van der Waals surface area contributed by atoms with Crippen molar-refractivity contribution < 1.29 is 43.6 Å². The SMILES string of the molecule is COC(C#CC(OC)([C]1[CH][CH][CH][CH]1)c1ccccc1)([C]1[CH][CH][CH][CH]1)c1ccccc1.[CH]1[CH][CH][CH][CH]1.[CH]1[CH][CH][CH][CH]1.[Fe].[Fe]. The van der Waals surface area contributed by atoms with Crippen molar-refractivity contribution in [1.29, 1.82) is 0 Å². The van der Waals surface area contributed by atoms with Gasteiger partial charge in [0.05, 0.1) is 0 Å². The summed E-state index contributed by atoms with van der Waals surface area (Å²) < 4.78 is 12.3. The third-order valence-electron chi connectivity index (χ3n) is 6.64. The maximum atomic E-state index is 6.13. The Morgan fingerprint density at radius 2 is 0.667 bits per heavy atom. The molecule has 4 heteroatoms. The van der Waals surface area contributed by atoms with E-state index in [-0.39, 0.29) is 34.1 Å². The van der Waals surface area contributed by atoms with E-state index in [1.54, 1.807) is 14.2 Å². The van der Waals surface area contributed by atoms with E-state index in [9.17, 15) is 0 Å². The molecule has 0 bridgehead atoms. The van der Waals surface area contributed by atoms with Gasteiger partial charge in [0.2, 0.25) is 0 Å². The summed E-state index contributed by atoms with van der Waals surface area (Å²) in [5.74, 6) is 8.95. The zero-order valence-electron chi connectivity index (χ0n) is 23.7. The van der Waals surface area contributed by atoms with Crippen molar-refractivity contribution in [3.63, 3.8) is 0 Å². The van der Waals surface area contributed by atoms with Crippen molar-refractivity contribution in [2.75, 3.05) is 14.2 Å². The van der Waals surface area contributed by atoms with Crippen LogP contribution in [0.4, 0.5) is 0 Å². The molecule has 4 fully saturated rings. The first-order chi connectivity index (χ1) is 19.7. The van der Waals surface area contributed by atoms with Crippen molar-refractivity contribution in [3.05, 3.63) is 199 Å². The van der Waals surface area contributed by atoms with Gasteiger partial charge in [-0.25, -0.2) is 0 Å². The molecule has 2 aromatic carbocycles. The first-order valence-electron chi connectivity index (χ1n) is 13.3. The Bertz CT molecular complexity index is 917. The average Bonchev–Trinajstić information content (AvgIpc) is 3.86. The summed E-state index contributed by atoms with van der Waals surface area (Å²) in [7, 11) is 3.41. The minimum atomic E-state index is -0.907. The maximum Gasteiger partial charge on any atom is 0.160 e. The molecule has 4 saturated carbocycles. The summed E-state index contributed by atoms with van der Waals surface area (Å²) in [5.41, 5.74) is 0.143. The molecular weight excluding hydrogens is 600 g/mol. The number of rotatable bonds is 6. The minimum absolute atomic E-state index is 0. The van der Waals surface area contributed by atoms with Crippen molar-refractivity contribution in [2.24, 2.45) is 0 Å². The molecule has 0 saturated heterocycles. The molecule has 2 aromatic rings. The average molecular weight is 634 g/mol. The minimum Gasteiger partial charge on any atom is -0.361 e. The molecule has 214 valence electrons. The fourth-order valence-electron chi connectivity index (χ4n) is 4.58. The Labute approximate surface area is 278 Å². The first kappa shape index (κ1) is 37.1. The molecule has 6 rings (SSSR count). The van der Waals surface area contributed by atoms with Crippen LogP contribution in [0.15, 0.2) is 60.7 Å².